The van der Waals surface area contributed by atoms with Crippen LogP contribution in [-0.4, -0.2) is 60.5 Å². The van der Waals surface area contributed by atoms with Crippen molar-refractivity contribution < 1.29 is 38.8 Å². The van der Waals surface area contributed by atoms with Crippen LogP contribution in [0, 0.1) is 0 Å². The van der Waals surface area contributed by atoms with Gasteiger partial charge in [0.05, 0.1) is 13.7 Å². The molecule has 2 aliphatic heterocycles. The second-order valence-corrected chi connectivity index (χ2v) is 5.83. The lowest BCUT2D eigenvalue weighted by molar-refractivity contribution is -0.343. The summed E-state index contributed by atoms with van der Waals surface area (Å²) in [6.45, 7) is 1.33. The first-order chi connectivity index (χ1) is 12.0. The Morgan fingerprint density at radius 3 is 2.60 bits per heavy atom. The largest absolute Gasteiger partial charge is 0.497 e. The molecule has 0 radical (unpaired) electrons. The van der Waals surface area contributed by atoms with E-state index in [0.717, 1.165) is 5.56 Å². The number of fused-ring (bicyclic) bond motifs is 1. The van der Waals surface area contributed by atoms with E-state index < -0.39 is 42.9 Å². The molecule has 0 spiro atoms. The van der Waals surface area contributed by atoms with Crippen LogP contribution < -0.4 is 10.2 Å². The van der Waals surface area contributed by atoms with Crippen LogP contribution in [-0.2, 0) is 23.8 Å². The molecule has 9 heteroatoms. The number of aliphatic hydroxyl groups excluding tert-OH is 2. The number of rotatable bonds is 4. The van der Waals surface area contributed by atoms with Crippen molar-refractivity contribution in [3.8, 4) is 5.75 Å². The number of nitrogens with one attached hydrogen (secondary N) is 1. The highest BCUT2D eigenvalue weighted by Gasteiger charge is 2.49. The fourth-order valence-corrected chi connectivity index (χ4v) is 2.82. The van der Waals surface area contributed by atoms with E-state index in [-0.39, 0.29) is 6.61 Å². The Morgan fingerprint density at radius 2 is 1.96 bits per heavy atom. The molecule has 6 atom stereocenters. The van der Waals surface area contributed by atoms with E-state index >= 15 is 0 Å². The molecule has 0 saturated carbocycles. The smallest absolute Gasteiger partial charge is 0.321 e. The van der Waals surface area contributed by atoms with Crippen molar-refractivity contribution in [1.82, 2.24) is 5.48 Å². The molecular weight excluding hydrogens is 334 g/mol. The normalized spacial score (nSPS) is 34.9. The SMILES string of the molecule is COc1ccc([C@@H]2OC[C@@H]3O[C@H](O)[C@H](NOC(C)=O)[C@H](O)[C@@H]3O2)cc1. The Kier molecular flexibility index (Phi) is 5.52. The fourth-order valence-electron chi connectivity index (χ4n) is 2.82. The van der Waals surface area contributed by atoms with E-state index in [1.54, 1.807) is 31.4 Å². The van der Waals surface area contributed by atoms with Crippen molar-refractivity contribution >= 4 is 5.97 Å². The lowest BCUT2D eigenvalue weighted by atomic mass is 9.96. The first-order valence-electron chi connectivity index (χ1n) is 7.85. The summed E-state index contributed by atoms with van der Waals surface area (Å²) in [6, 6.07) is 6.10. The van der Waals surface area contributed by atoms with Crippen LogP contribution in [0.25, 0.3) is 0 Å². The van der Waals surface area contributed by atoms with Gasteiger partial charge in [0.25, 0.3) is 0 Å². The zero-order valence-electron chi connectivity index (χ0n) is 13.8. The number of ether oxygens (including phenoxy) is 4. The highest BCUT2D eigenvalue weighted by atomic mass is 16.7. The maximum absolute atomic E-state index is 10.9. The van der Waals surface area contributed by atoms with Crippen molar-refractivity contribution in [3.63, 3.8) is 0 Å². The molecule has 3 rings (SSSR count). The zero-order chi connectivity index (χ0) is 18.0. The summed E-state index contributed by atoms with van der Waals surface area (Å²) in [4.78, 5) is 15.6. The molecule has 25 heavy (non-hydrogen) atoms. The molecule has 0 bridgehead atoms. The zero-order valence-corrected chi connectivity index (χ0v) is 13.8. The summed E-state index contributed by atoms with van der Waals surface area (Å²) < 4.78 is 21.9. The Balaban J connectivity index is 1.69. The quantitative estimate of drug-likeness (QED) is 0.622. The third-order valence-electron chi connectivity index (χ3n) is 4.11. The van der Waals surface area contributed by atoms with Gasteiger partial charge < -0.3 is 34.0 Å². The Morgan fingerprint density at radius 1 is 1.24 bits per heavy atom. The lowest BCUT2D eigenvalue weighted by Crippen LogP contribution is -2.65. The molecule has 2 saturated heterocycles. The first kappa shape index (κ1) is 18.1. The standard InChI is InChI=1S/C16H21NO8/c1-8(18)25-17-12-13(19)14-11(23-15(12)20)7-22-16(24-14)9-3-5-10(21-2)6-4-9/h3-6,11-17,19-20H,7H2,1-2H3/t11-,12+,13-,14+,15-,16+/m0/s1. The van der Waals surface area contributed by atoms with Crippen LogP contribution in [0.4, 0.5) is 0 Å². The van der Waals surface area contributed by atoms with Gasteiger partial charge >= 0.3 is 5.97 Å². The third kappa shape index (κ3) is 3.92. The molecule has 9 nitrogen and oxygen atoms in total. The molecule has 3 N–H and O–H groups in total. The molecular formula is C16H21NO8. The monoisotopic (exact) mass is 355 g/mol. The van der Waals surface area contributed by atoms with E-state index in [9.17, 15) is 15.0 Å². The summed E-state index contributed by atoms with van der Waals surface area (Å²) in [5.41, 5.74) is 3.06. The number of methoxy groups -OCH3 is 1. The second kappa shape index (κ2) is 7.65. The number of hydroxylamine groups is 1. The van der Waals surface area contributed by atoms with Gasteiger partial charge in [0.1, 0.15) is 30.1 Å². The molecule has 0 aromatic heterocycles. The minimum absolute atomic E-state index is 0.135. The molecule has 138 valence electrons. The Hall–Kier alpha value is -1.75. The highest BCUT2D eigenvalue weighted by Crippen LogP contribution is 2.34. The maximum atomic E-state index is 10.9. The van der Waals surface area contributed by atoms with E-state index in [0.29, 0.717) is 5.75 Å². The van der Waals surface area contributed by atoms with Crippen LogP contribution in [0.2, 0.25) is 0 Å². The number of carbonyl (C=O) groups excluding carboxylic acids is 1. The van der Waals surface area contributed by atoms with Crippen molar-refractivity contribution in [3.05, 3.63) is 29.8 Å². The van der Waals surface area contributed by atoms with Crippen LogP contribution in [0.1, 0.15) is 18.8 Å². The summed E-state index contributed by atoms with van der Waals surface area (Å²) >= 11 is 0. The maximum Gasteiger partial charge on any atom is 0.321 e. The number of hydrogen-bond acceptors (Lipinski definition) is 9. The van der Waals surface area contributed by atoms with Crippen LogP contribution in [0.15, 0.2) is 24.3 Å². The van der Waals surface area contributed by atoms with Crippen LogP contribution in [0.5, 0.6) is 5.75 Å². The molecule has 2 aliphatic rings. The molecule has 0 unspecified atom stereocenters. The fraction of sp³-hybridized carbons (Fsp3) is 0.562. The average Bonchev–Trinajstić information content (AvgIpc) is 2.61. The van der Waals surface area contributed by atoms with Gasteiger partial charge in [0.2, 0.25) is 0 Å². The van der Waals surface area contributed by atoms with Gasteiger partial charge in [0, 0.05) is 12.5 Å². The van der Waals surface area contributed by atoms with Crippen LogP contribution in [0.3, 0.4) is 0 Å². The van der Waals surface area contributed by atoms with Crippen LogP contribution >= 0.6 is 0 Å². The Labute approximate surface area is 144 Å². The second-order valence-electron chi connectivity index (χ2n) is 5.83. The van der Waals surface area contributed by atoms with E-state index in [4.69, 9.17) is 18.9 Å². The molecule has 0 aliphatic carbocycles. The summed E-state index contributed by atoms with van der Waals surface area (Å²) in [6.07, 6.45) is -4.65. The minimum atomic E-state index is -1.37. The van der Waals surface area contributed by atoms with Gasteiger partial charge in [-0.2, -0.15) is 0 Å². The van der Waals surface area contributed by atoms with Gasteiger partial charge in [0.15, 0.2) is 12.6 Å². The minimum Gasteiger partial charge on any atom is -0.497 e. The summed E-state index contributed by atoms with van der Waals surface area (Å²) in [5.74, 6) is 0.0952. The van der Waals surface area contributed by atoms with Crippen molar-refractivity contribution in [2.45, 2.75) is 43.9 Å². The molecule has 0 amide bonds. The summed E-state index contributed by atoms with van der Waals surface area (Å²) in [5, 5.41) is 20.5. The molecule has 2 heterocycles. The predicted molar refractivity (Wildman–Crippen MR) is 82.1 cm³/mol. The van der Waals surface area contributed by atoms with Gasteiger partial charge in [-0.15, -0.1) is 5.48 Å². The van der Waals surface area contributed by atoms with Crippen molar-refractivity contribution in [1.29, 1.82) is 0 Å². The molecule has 1 aromatic rings. The Bertz CT molecular complexity index is 594. The molecule has 1 aromatic carbocycles. The molecule has 2 fully saturated rings. The first-order valence-corrected chi connectivity index (χ1v) is 7.85. The van der Waals surface area contributed by atoms with E-state index in [1.807, 2.05) is 0 Å². The van der Waals surface area contributed by atoms with Gasteiger partial charge in [-0.3, -0.25) is 4.79 Å². The van der Waals surface area contributed by atoms with Crippen molar-refractivity contribution in [2.24, 2.45) is 0 Å². The third-order valence-corrected chi connectivity index (χ3v) is 4.11. The van der Waals surface area contributed by atoms with Gasteiger partial charge in [-0.05, 0) is 12.1 Å². The number of carbonyl (C=O) groups is 1. The highest BCUT2D eigenvalue weighted by molar-refractivity contribution is 5.65. The predicted octanol–water partition coefficient (Wildman–Crippen LogP) is -0.376. The van der Waals surface area contributed by atoms with Gasteiger partial charge in [-0.25, -0.2) is 0 Å². The summed E-state index contributed by atoms with van der Waals surface area (Å²) in [7, 11) is 1.57. The average molecular weight is 355 g/mol. The van der Waals surface area contributed by atoms with E-state index in [2.05, 4.69) is 10.3 Å². The van der Waals surface area contributed by atoms with E-state index in [1.165, 1.54) is 6.92 Å². The number of aliphatic hydroxyl groups is 2. The lowest BCUT2D eigenvalue weighted by Gasteiger charge is -2.46. The van der Waals surface area contributed by atoms with Crippen molar-refractivity contribution in [2.75, 3.05) is 13.7 Å². The topological polar surface area (TPSA) is 116 Å². The number of benzene rings is 1. The number of hydrogen-bond donors (Lipinski definition) is 3. The van der Waals surface area contributed by atoms with Gasteiger partial charge in [-0.1, -0.05) is 12.1 Å².